The van der Waals surface area contributed by atoms with Crippen LogP contribution in [0, 0.1) is 30.9 Å². The van der Waals surface area contributed by atoms with E-state index in [1.165, 1.54) is 12.1 Å². The van der Waals surface area contributed by atoms with Gasteiger partial charge in [-0.05, 0) is 50.1 Å². The van der Waals surface area contributed by atoms with Crippen molar-refractivity contribution in [3.8, 4) is 0 Å². The number of nitro groups is 1. The summed E-state index contributed by atoms with van der Waals surface area (Å²) in [5, 5.41) is 11.1. The van der Waals surface area contributed by atoms with Crippen molar-refractivity contribution in [2.24, 2.45) is 0 Å². The fourth-order valence-corrected chi connectivity index (χ4v) is 3.89. The zero-order chi connectivity index (χ0) is 17.4. The first-order valence-corrected chi connectivity index (χ1v) is 8.52. The SMILES string of the molecule is Cc1ccc(S(=O)(=O)Nc2cc([N+](=O)[O-])c(C)cc2C)c(Cl)c1. The van der Waals surface area contributed by atoms with Crippen LogP contribution in [-0.4, -0.2) is 13.3 Å². The molecule has 0 aliphatic carbocycles. The molecular formula is C15H15ClN2O4S. The highest BCUT2D eigenvalue weighted by Gasteiger charge is 2.21. The van der Waals surface area contributed by atoms with Crippen LogP contribution in [-0.2, 0) is 10.0 Å². The fourth-order valence-electron chi connectivity index (χ4n) is 2.17. The standard InChI is InChI=1S/C15H15ClN2O4S/c1-9-4-5-15(12(16)6-9)23(21,22)17-13-8-14(18(19)20)11(3)7-10(13)2/h4-8,17H,1-3H3. The van der Waals surface area contributed by atoms with E-state index in [1.54, 1.807) is 39.0 Å². The molecule has 0 saturated heterocycles. The molecule has 2 aromatic carbocycles. The van der Waals surface area contributed by atoms with Crippen LogP contribution in [0.25, 0.3) is 0 Å². The number of nitro benzene ring substituents is 1. The molecule has 2 rings (SSSR count). The molecule has 0 saturated carbocycles. The molecular weight excluding hydrogens is 340 g/mol. The molecule has 0 fully saturated rings. The lowest BCUT2D eigenvalue weighted by Crippen LogP contribution is -2.14. The minimum Gasteiger partial charge on any atom is -0.279 e. The lowest BCUT2D eigenvalue weighted by atomic mass is 10.1. The molecule has 0 unspecified atom stereocenters. The van der Waals surface area contributed by atoms with Crippen molar-refractivity contribution < 1.29 is 13.3 Å². The molecule has 0 bridgehead atoms. The third-order valence-electron chi connectivity index (χ3n) is 3.36. The lowest BCUT2D eigenvalue weighted by Gasteiger charge is -2.12. The minimum atomic E-state index is -3.94. The van der Waals surface area contributed by atoms with Gasteiger partial charge in [0.1, 0.15) is 4.90 Å². The summed E-state index contributed by atoms with van der Waals surface area (Å²) < 4.78 is 27.3. The van der Waals surface area contributed by atoms with Gasteiger partial charge in [0.05, 0.1) is 15.6 Å². The summed E-state index contributed by atoms with van der Waals surface area (Å²) in [4.78, 5) is 10.4. The average molecular weight is 355 g/mol. The molecule has 6 nitrogen and oxygen atoms in total. The second kappa shape index (κ2) is 6.17. The van der Waals surface area contributed by atoms with Crippen LogP contribution in [0.1, 0.15) is 16.7 Å². The zero-order valence-electron chi connectivity index (χ0n) is 12.8. The largest absolute Gasteiger partial charge is 0.279 e. The number of hydrogen-bond donors (Lipinski definition) is 1. The van der Waals surface area contributed by atoms with Gasteiger partial charge in [0.2, 0.25) is 0 Å². The molecule has 0 heterocycles. The van der Waals surface area contributed by atoms with E-state index in [4.69, 9.17) is 11.6 Å². The fraction of sp³-hybridized carbons (Fsp3) is 0.200. The molecule has 2 aromatic rings. The van der Waals surface area contributed by atoms with Gasteiger partial charge in [-0.1, -0.05) is 17.7 Å². The number of nitrogens with one attached hydrogen (secondary N) is 1. The predicted octanol–water partition coefficient (Wildman–Crippen LogP) is 3.97. The van der Waals surface area contributed by atoms with Crippen LogP contribution >= 0.6 is 11.6 Å². The number of benzene rings is 2. The molecule has 0 aliphatic heterocycles. The van der Waals surface area contributed by atoms with Gasteiger partial charge in [-0.2, -0.15) is 0 Å². The Bertz CT molecular complexity index is 895. The van der Waals surface area contributed by atoms with Crippen molar-refractivity contribution in [2.75, 3.05) is 4.72 Å². The Hall–Kier alpha value is -2.12. The first-order chi connectivity index (χ1) is 10.6. The number of aryl methyl sites for hydroxylation is 3. The molecule has 0 aliphatic rings. The van der Waals surface area contributed by atoms with Gasteiger partial charge in [0, 0.05) is 11.6 Å². The van der Waals surface area contributed by atoms with Gasteiger partial charge >= 0.3 is 0 Å². The maximum absolute atomic E-state index is 12.5. The van der Waals surface area contributed by atoms with E-state index in [0.29, 0.717) is 11.1 Å². The van der Waals surface area contributed by atoms with E-state index in [2.05, 4.69) is 4.72 Å². The summed E-state index contributed by atoms with van der Waals surface area (Å²) in [7, 11) is -3.94. The van der Waals surface area contributed by atoms with E-state index < -0.39 is 14.9 Å². The monoisotopic (exact) mass is 354 g/mol. The summed E-state index contributed by atoms with van der Waals surface area (Å²) in [6, 6.07) is 7.35. The summed E-state index contributed by atoms with van der Waals surface area (Å²) in [6.45, 7) is 5.06. The molecule has 0 atom stereocenters. The average Bonchev–Trinajstić information content (AvgIpc) is 2.40. The first kappa shape index (κ1) is 17.2. The van der Waals surface area contributed by atoms with Gasteiger partial charge in [-0.3, -0.25) is 14.8 Å². The third kappa shape index (κ3) is 3.62. The first-order valence-electron chi connectivity index (χ1n) is 6.66. The Balaban J connectivity index is 2.49. The molecule has 0 aromatic heterocycles. The lowest BCUT2D eigenvalue weighted by molar-refractivity contribution is -0.385. The summed E-state index contributed by atoms with van der Waals surface area (Å²) in [5.74, 6) is 0. The van der Waals surface area contributed by atoms with Crippen molar-refractivity contribution in [2.45, 2.75) is 25.7 Å². The van der Waals surface area contributed by atoms with Gasteiger partial charge in [-0.15, -0.1) is 0 Å². The number of sulfonamides is 1. The molecule has 1 N–H and O–H groups in total. The van der Waals surface area contributed by atoms with E-state index in [0.717, 1.165) is 5.56 Å². The number of anilines is 1. The van der Waals surface area contributed by atoms with E-state index in [1.807, 2.05) is 0 Å². The highest BCUT2D eigenvalue weighted by molar-refractivity contribution is 7.92. The molecule has 8 heteroatoms. The van der Waals surface area contributed by atoms with Crippen LogP contribution in [0.15, 0.2) is 35.2 Å². The topological polar surface area (TPSA) is 89.3 Å². The van der Waals surface area contributed by atoms with E-state index >= 15 is 0 Å². The Morgan fingerprint density at radius 1 is 1.09 bits per heavy atom. The second-order valence-electron chi connectivity index (χ2n) is 5.25. The summed E-state index contributed by atoms with van der Waals surface area (Å²) in [5.41, 5.74) is 1.88. The molecule has 0 radical (unpaired) electrons. The Morgan fingerprint density at radius 3 is 2.30 bits per heavy atom. The quantitative estimate of drug-likeness (QED) is 0.664. The van der Waals surface area contributed by atoms with Gasteiger partial charge in [0.15, 0.2) is 0 Å². The van der Waals surface area contributed by atoms with Gasteiger partial charge in [0.25, 0.3) is 15.7 Å². The van der Waals surface area contributed by atoms with Crippen LogP contribution in [0.5, 0.6) is 0 Å². The molecule has 23 heavy (non-hydrogen) atoms. The third-order valence-corrected chi connectivity index (χ3v) is 5.21. The summed E-state index contributed by atoms with van der Waals surface area (Å²) >= 11 is 6.00. The highest BCUT2D eigenvalue weighted by Crippen LogP contribution is 2.30. The maximum atomic E-state index is 12.5. The van der Waals surface area contributed by atoms with Crippen LogP contribution in [0.2, 0.25) is 5.02 Å². The van der Waals surface area contributed by atoms with Crippen LogP contribution in [0.3, 0.4) is 0 Å². The van der Waals surface area contributed by atoms with Gasteiger partial charge < -0.3 is 0 Å². The predicted molar refractivity (Wildman–Crippen MR) is 89.6 cm³/mol. The minimum absolute atomic E-state index is 0.0765. The number of rotatable bonds is 4. The van der Waals surface area contributed by atoms with Crippen LogP contribution in [0.4, 0.5) is 11.4 Å². The number of halogens is 1. The number of nitrogens with zero attached hydrogens (tertiary/aromatic N) is 1. The van der Waals surface area contributed by atoms with Crippen molar-refractivity contribution in [3.05, 3.63) is 62.2 Å². The van der Waals surface area contributed by atoms with Crippen molar-refractivity contribution >= 4 is 33.0 Å². The van der Waals surface area contributed by atoms with E-state index in [-0.39, 0.29) is 21.3 Å². The van der Waals surface area contributed by atoms with Crippen molar-refractivity contribution in [1.82, 2.24) is 0 Å². The Morgan fingerprint density at radius 2 is 1.74 bits per heavy atom. The molecule has 0 amide bonds. The van der Waals surface area contributed by atoms with Crippen LogP contribution < -0.4 is 4.72 Å². The van der Waals surface area contributed by atoms with Crippen molar-refractivity contribution in [1.29, 1.82) is 0 Å². The Kier molecular flexibility index (Phi) is 4.63. The van der Waals surface area contributed by atoms with Crippen molar-refractivity contribution in [3.63, 3.8) is 0 Å². The normalized spacial score (nSPS) is 11.3. The number of hydrogen-bond acceptors (Lipinski definition) is 4. The van der Waals surface area contributed by atoms with E-state index in [9.17, 15) is 18.5 Å². The Labute approximate surface area is 139 Å². The maximum Gasteiger partial charge on any atom is 0.274 e. The molecule has 122 valence electrons. The zero-order valence-corrected chi connectivity index (χ0v) is 14.3. The highest BCUT2D eigenvalue weighted by atomic mass is 35.5. The smallest absolute Gasteiger partial charge is 0.274 e. The summed E-state index contributed by atoms with van der Waals surface area (Å²) in [6.07, 6.45) is 0. The van der Waals surface area contributed by atoms with Gasteiger partial charge in [-0.25, -0.2) is 8.42 Å². The second-order valence-corrected chi connectivity index (χ2v) is 7.31. The molecule has 0 spiro atoms.